The molecule has 0 radical (unpaired) electrons. The Bertz CT molecular complexity index is 1280. The molecule has 1 saturated carbocycles. The van der Waals surface area contributed by atoms with Crippen LogP contribution >= 0.6 is 11.3 Å². The molecule has 11 nitrogen and oxygen atoms in total. The second kappa shape index (κ2) is 12.2. The number of hydrogen-bond donors (Lipinski definition) is 1. The molecule has 6 heterocycles. The standard InChI is InChI=1S/C29H38N8O3S/c1-6-29(19-39-20-29)7-2-23(1)40-27-30-8-3-24(34-27)25-17-33-28(41-25)35-26-31-15-21(16-32-26)18-36-9-11-37(12-10-36)22-4-13-38-14-5-22/h3,8,15-17,22-23H,1-2,4-7,9-14,18-20H2,(H,31,32,33,35). The van der Waals surface area contributed by atoms with E-state index in [2.05, 4.69) is 40.0 Å². The maximum atomic E-state index is 6.16. The molecule has 218 valence electrons. The van der Waals surface area contributed by atoms with Crippen molar-refractivity contribution in [2.24, 2.45) is 5.41 Å². The number of anilines is 2. The highest BCUT2D eigenvalue weighted by molar-refractivity contribution is 7.18. The molecule has 3 aromatic rings. The molecule has 1 spiro atoms. The minimum Gasteiger partial charge on any atom is -0.460 e. The number of thiazole rings is 1. The Balaban J connectivity index is 0.896. The Kier molecular flexibility index (Phi) is 8.08. The van der Waals surface area contributed by atoms with Crippen LogP contribution in [0.2, 0.25) is 0 Å². The molecule has 4 aliphatic rings. The summed E-state index contributed by atoms with van der Waals surface area (Å²) >= 11 is 1.51. The van der Waals surface area contributed by atoms with Gasteiger partial charge >= 0.3 is 6.01 Å². The van der Waals surface area contributed by atoms with Gasteiger partial charge in [-0.15, -0.1) is 0 Å². The van der Waals surface area contributed by atoms with Gasteiger partial charge in [-0.3, -0.25) is 9.80 Å². The molecular weight excluding hydrogens is 540 g/mol. The molecule has 3 saturated heterocycles. The molecule has 0 atom stereocenters. The summed E-state index contributed by atoms with van der Waals surface area (Å²) in [5, 5.41) is 3.96. The number of aromatic nitrogens is 5. The van der Waals surface area contributed by atoms with Crippen LogP contribution in [0.25, 0.3) is 10.6 Å². The van der Waals surface area contributed by atoms with Gasteiger partial charge in [-0.2, -0.15) is 4.98 Å². The van der Waals surface area contributed by atoms with Crippen molar-refractivity contribution in [1.29, 1.82) is 0 Å². The molecule has 0 unspecified atom stereocenters. The van der Waals surface area contributed by atoms with Gasteiger partial charge in [0.15, 0.2) is 5.13 Å². The summed E-state index contributed by atoms with van der Waals surface area (Å²) in [6.07, 6.45) is 14.2. The Hall–Kier alpha value is -2.77. The van der Waals surface area contributed by atoms with Crippen molar-refractivity contribution in [2.75, 3.05) is 57.9 Å². The smallest absolute Gasteiger partial charge is 0.317 e. The zero-order valence-corrected chi connectivity index (χ0v) is 24.2. The van der Waals surface area contributed by atoms with Crippen molar-refractivity contribution < 1.29 is 14.2 Å². The fourth-order valence-corrected chi connectivity index (χ4v) is 7.11. The van der Waals surface area contributed by atoms with E-state index in [1.54, 1.807) is 6.20 Å². The van der Waals surface area contributed by atoms with Crippen molar-refractivity contribution in [3.05, 3.63) is 36.4 Å². The first-order valence-corrected chi connectivity index (χ1v) is 15.7. The maximum absolute atomic E-state index is 6.16. The van der Waals surface area contributed by atoms with Gasteiger partial charge in [-0.25, -0.2) is 19.9 Å². The van der Waals surface area contributed by atoms with E-state index in [0.29, 0.717) is 23.4 Å². The zero-order chi connectivity index (χ0) is 27.5. The first-order chi connectivity index (χ1) is 20.2. The van der Waals surface area contributed by atoms with Crippen LogP contribution < -0.4 is 10.1 Å². The van der Waals surface area contributed by atoms with Gasteiger partial charge in [0.05, 0.1) is 23.8 Å². The van der Waals surface area contributed by atoms with Crippen LogP contribution in [0, 0.1) is 5.41 Å². The van der Waals surface area contributed by atoms with Crippen molar-refractivity contribution >= 4 is 22.4 Å². The number of ether oxygens (including phenoxy) is 3. The van der Waals surface area contributed by atoms with E-state index in [-0.39, 0.29) is 6.10 Å². The first kappa shape index (κ1) is 27.1. The monoisotopic (exact) mass is 578 g/mol. The predicted molar refractivity (Wildman–Crippen MR) is 155 cm³/mol. The van der Waals surface area contributed by atoms with Crippen LogP contribution in [-0.2, 0) is 16.0 Å². The Morgan fingerprint density at radius 3 is 2.44 bits per heavy atom. The number of nitrogens with one attached hydrogen (secondary N) is 1. The third-order valence-electron chi connectivity index (χ3n) is 8.92. The largest absolute Gasteiger partial charge is 0.460 e. The molecule has 0 bridgehead atoms. The molecule has 3 aliphatic heterocycles. The molecular formula is C29H38N8O3S. The van der Waals surface area contributed by atoms with Crippen LogP contribution in [0.5, 0.6) is 6.01 Å². The summed E-state index contributed by atoms with van der Waals surface area (Å²) in [6.45, 7) is 8.87. The summed E-state index contributed by atoms with van der Waals surface area (Å²) in [4.78, 5) is 28.7. The minimum absolute atomic E-state index is 0.164. The highest BCUT2D eigenvalue weighted by Crippen LogP contribution is 2.43. The van der Waals surface area contributed by atoms with Crippen LogP contribution in [0.3, 0.4) is 0 Å². The summed E-state index contributed by atoms with van der Waals surface area (Å²) in [6, 6.07) is 3.01. The van der Waals surface area contributed by atoms with Gasteiger partial charge in [0.1, 0.15) is 6.10 Å². The SMILES string of the molecule is c1cc(-c2cnc(Nc3ncc(CN4CCN(C5CCOCC5)CC4)cn3)s2)nc(OC2CCC3(CC2)COC3)n1. The lowest BCUT2D eigenvalue weighted by atomic mass is 9.72. The van der Waals surface area contributed by atoms with E-state index >= 15 is 0 Å². The molecule has 1 N–H and O–H groups in total. The number of nitrogens with zero attached hydrogens (tertiary/aromatic N) is 7. The van der Waals surface area contributed by atoms with Gasteiger partial charge in [-0.1, -0.05) is 11.3 Å². The molecule has 7 rings (SSSR count). The van der Waals surface area contributed by atoms with Crippen molar-refractivity contribution in [2.45, 2.75) is 57.2 Å². The second-order valence-corrected chi connectivity index (χ2v) is 12.8. The van der Waals surface area contributed by atoms with E-state index in [4.69, 9.17) is 14.2 Å². The molecule has 4 fully saturated rings. The minimum atomic E-state index is 0.164. The Morgan fingerprint density at radius 1 is 0.927 bits per heavy atom. The van der Waals surface area contributed by atoms with Gasteiger partial charge in [-0.05, 0) is 44.6 Å². The quantitative estimate of drug-likeness (QED) is 0.422. The van der Waals surface area contributed by atoms with Gasteiger partial charge in [0.2, 0.25) is 5.95 Å². The number of hydrogen-bond acceptors (Lipinski definition) is 12. The predicted octanol–water partition coefficient (Wildman–Crippen LogP) is 3.77. The Morgan fingerprint density at radius 2 is 1.71 bits per heavy atom. The summed E-state index contributed by atoms with van der Waals surface area (Å²) in [5.74, 6) is 0.539. The topological polar surface area (TPSA) is 111 Å². The third-order valence-corrected chi connectivity index (χ3v) is 9.85. The van der Waals surface area contributed by atoms with Crippen LogP contribution in [0.1, 0.15) is 44.1 Å². The zero-order valence-electron chi connectivity index (χ0n) is 23.4. The highest BCUT2D eigenvalue weighted by Gasteiger charge is 2.42. The highest BCUT2D eigenvalue weighted by atomic mass is 32.1. The van der Waals surface area contributed by atoms with Crippen LogP contribution in [0.4, 0.5) is 11.1 Å². The van der Waals surface area contributed by atoms with E-state index in [9.17, 15) is 0 Å². The van der Waals surface area contributed by atoms with Gasteiger partial charge in [0, 0.05) is 87.7 Å². The Labute approximate surface area is 244 Å². The van der Waals surface area contributed by atoms with E-state index in [0.717, 1.165) is 119 Å². The molecule has 0 amide bonds. The second-order valence-electron chi connectivity index (χ2n) is 11.8. The van der Waals surface area contributed by atoms with E-state index < -0.39 is 0 Å². The summed E-state index contributed by atoms with van der Waals surface area (Å²) < 4.78 is 17.1. The van der Waals surface area contributed by atoms with Crippen LogP contribution in [-0.4, -0.2) is 99.5 Å². The molecule has 3 aromatic heterocycles. The first-order valence-electron chi connectivity index (χ1n) is 14.9. The molecule has 0 aromatic carbocycles. The summed E-state index contributed by atoms with van der Waals surface area (Å²) in [7, 11) is 0. The average molecular weight is 579 g/mol. The number of piperazine rings is 1. The fourth-order valence-electron chi connectivity index (χ4n) is 6.33. The number of rotatable bonds is 8. The van der Waals surface area contributed by atoms with Gasteiger partial charge < -0.3 is 19.5 Å². The van der Waals surface area contributed by atoms with Crippen molar-refractivity contribution in [1.82, 2.24) is 34.7 Å². The van der Waals surface area contributed by atoms with E-state index in [1.165, 1.54) is 11.3 Å². The van der Waals surface area contributed by atoms with E-state index in [1.807, 2.05) is 24.7 Å². The molecule has 41 heavy (non-hydrogen) atoms. The maximum Gasteiger partial charge on any atom is 0.317 e. The van der Waals surface area contributed by atoms with Crippen molar-refractivity contribution in [3.8, 4) is 16.6 Å². The lowest BCUT2D eigenvalue weighted by Gasteiger charge is -2.45. The average Bonchev–Trinajstić information content (AvgIpc) is 3.47. The summed E-state index contributed by atoms with van der Waals surface area (Å²) in [5.41, 5.74) is 2.32. The lowest BCUT2D eigenvalue weighted by molar-refractivity contribution is -0.140. The third kappa shape index (κ3) is 6.51. The molecule has 1 aliphatic carbocycles. The molecule has 12 heteroatoms. The normalized spacial score (nSPS) is 22.4. The van der Waals surface area contributed by atoms with Gasteiger partial charge in [0.25, 0.3) is 0 Å². The van der Waals surface area contributed by atoms with Crippen LogP contribution in [0.15, 0.2) is 30.9 Å². The lowest BCUT2D eigenvalue weighted by Crippen LogP contribution is -2.51. The fraction of sp³-hybridized carbons (Fsp3) is 0.621. The van der Waals surface area contributed by atoms with Crippen molar-refractivity contribution in [3.63, 3.8) is 0 Å².